The molecular weight excluding hydrogens is 374 g/mol. The van der Waals surface area contributed by atoms with Crippen LogP contribution in [0.15, 0.2) is 89.8 Å². The number of nitrogens with zero attached hydrogens (tertiary/aromatic N) is 1. The highest BCUT2D eigenvalue weighted by Gasteiger charge is 2.21. The van der Waals surface area contributed by atoms with Crippen LogP contribution >= 0.6 is 0 Å². The summed E-state index contributed by atoms with van der Waals surface area (Å²) in [5.74, 6) is -0.476. The number of ether oxygens (including phenoxy) is 1. The maximum absolute atomic E-state index is 12.8. The van der Waals surface area contributed by atoms with E-state index < -0.39 is 16.0 Å². The number of hydrogen-bond donors (Lipinski definition) is 0. The van der Waals surface area contributed by atoms with E-state index in [0.717, 1.165) is 5.56 Å². The van der Waals surface area contributed by atoms with Gasteiger partial charge >= 0.3 is 5.97 Å². The molecule has 0 heterocycles. The van der Waals surface area contributed by atoms with Crippen LogP contribution in [-0.4, -0.2) is 28.0 Å². The zero-order chi connectivity index (χ0) is 20.0. The van der Waals surface area contributed by atoms with Gasteiger partial charge in [-0.25, -0.2) is 13.2 Å². The molecule has 144 valence electrons. The van der Waals surface area contributed by atoms with Gasteiger partial charge in [-0.2, -0.15) is 0 Å². The van der Waals surface area contributed by atoms with E-state index in [1.807, 2.05) is 36.4 Å². The molecule has 0 radical (unpaired) electrons. The van der Waals surface area contributed by atoms with E-state index in [2.05, 4.69) is 0 Å². The monoisotopic (exact) mass is 395 g/mol. The predicted octanol–water partition coefficient (Wildman–Crippen LogP) is 3.91. The average molecular weight is 395 g/mol. The molecule has 0 unspecified atom stereocenters. The van der Waals surface area contributed by atoms with Crippen LogP contribution < -0.4 is 4.31 Å². The van der Waals surface area contributed by atoms with Crippen LogP contribution in [0.3, 0.4) is 0 Å². The number of carbonyl (C=O) groups is 1. The molecule has 3 aromatic rings. The molecule has 3 aromatic carbocycles. The summed E-state index contributed by atoms with van der Waals surface area (Å²) in [6, 6.07) is 24.3. The molecule has 0 spiro atoms. The minimum atomic E-state index is -3.71. The Morgan fingerprint density at radius 3 is 2.04 bits per heavy atom. The standard InChI is InChI=1S/C22H21NO4S/c1-23(20-10-6-3-7-11-20)28(25,26)21-14-12-19(13-15-21)22(24)27-17-16-18-8-4-2-5-9-18/h2-15H,16-17H2,1H3. The summed E-state index contributed by atoms with van der Waals surface area (Å²) in [5, 5.41) is 0. The first-order chi connectivity index (χ1) is 13.5. The van der Waals surface area contributed by atoms with Crippen LogP contribution in [-0.2, 0) is 21.2 Å². The van der Waals surface area contributed by atoms with Gasteiger partial charge in [0.1, 0.15) is 0 Å². The second-order valence-electron chi connectivity index (χ2n) is 6.20. The maximum atomic E-state index is 12.8. The lowest BCUT2D eigenvalue weighted by molar-refractivity contribution is 0.0509. The largest absolute Gasteiger partial charge is 0.462 e. The Balaban J connectivity index is 1.64. The molecule has 0 aliphatic rings. The van der Waals surface area contributed by atoms with Crippen molar-refractivity contribution >= 4 is 21.7 Å². The molecule has 0 fully saturated rings. The molecule has 0 aromatic heterocycles. The van der Waals surface area contributed by atoms with Crippen molar-refractivity contribution < 1.29 is 17.9 Å². The third-order valence-corrected chi connectivity index (χ3v) is 6.13. The summed E-state index contributed by atoms with van der Waals surface area (Å²) in [4.78, 5) is 12.3. The zero-order valence-electron chi connectivity index (χ0n) is 15.5. The minimum absolute atomic E-state index is 0.111. The van der Waals surface area contributed by atoms with E-state index in [-0.39, 0.29) is 11.5 Å². The van der Waals surface area contributed by atoms with Gasteiger partial charge in [0.15, 0.2) is 0 Å². The van der Waals surface area contributed by atoms with Crippen LogP contribution in [0.1, 0.15) is 15.9 Å². The highest BCUT2D eigenvalue weighted by Crippen LogP contribution is 2.22. The van der Waals surface area contributed by atoms with Crippen molar-refractivity contribution in [3.8, 4) is 0 Å². The summed E-state index contributed by atoms with van der Waals surface area (Å²) in [7, 11) is -2.21. The number of carbonyl (C=O) groups excluding carboxylic acids is 1. The molecule has 0 aliphatic carbocycles. The molecule has 0 saturated carbocycles. The highest BCUT2D eigenvalue weighted by atomic mass is 32.2. The minimum Gasteiger partial charge on any atom is -0.462 e. The van der Waals surface area contributed by atoms with Crippen molar-refractivity contribution in [1.82, 2.24) is 0 Å². The van der Waals surface area contributed by atoms with Crippen LogP contribution in [0.25, 0.3) is 0 Å². The first kappa shape index (κ1) is 19.6. The molecule has 5 nitrogen and oxygen atoms in total. The summed E-state index contributed by atoms with van der Waals surface area (Å²) >= 11 is 0. The van der Waals surface area contributed by atoms with Crippen LogP contribution in [0.5, 0.6) is 0 Å². The molecule has 0 atom stereocenters. The van der Waals surface area contributed by atoms with Gasteiger partial charge in [0.05, 0.1) is 22.8 Å². The van der Waals surface area contributed by atoms with Crippen LogP contribution in [0.2, 0.25) is 0 Å². The van der Waals surface area contributed by atoms with Crippen molar-refractivity contribution in [2.75, 3.05) is 18.0 Å². The molecule has 0 aliphatic heterocycles. The Kier molecular flexibility index (Phi) is 6.11. The normalized spacial score (nSPS) is 11.0. The van der Waals surface area contributed by atoms with Gasteiger partial charge in [-0.1, -0.05) is 48.5 Å². The molecule has 3 rings (SSSR count). The lowest BCUT2D eigenvalue weighted by Gasteiger charge is -2.19. The number of benzene rings is 3. The van der Waals surface area contributed by atoms with E-state index in [9.17, 15) is 13.2 Å². The Labute approximate surface area is 165 Å². The fourth-order valence-electron chi connectivity index (χ4n) is 2.69. The number of anilines is 1. The number of hydrogen-bond acceptors (Lipinski definition) is 4. The molecule has 0 N–H and O–H groups in total. The first-order valence-electron chi connectivity index (χ1n) is 8.83. The Morgan fingerprint density at radius 1 is 0.857 bits per heavy atom. The van der Waals surface area contributed by atoms with Crippen LogP contribution in [0, 0.1) is 0 Å². The topological polar surface area (TPSA) is 63.7 Å². The average Bonchev–Trinajstić information content (AvgIpc) is 2.74. The Bertz CT molecular complexity index is 1020. The van der Waals surface area contributed by atoms with Crippen LogP contribution in [0.4, 0.5) is 5.69 Å². The van der Waals surface area contributed by atoms with E-state index in [0.29, 0.717) is 17.7 Å². The van der Waals surface area contributed by atoms with Crippen molar-refractivity contribution in [3.63, 3.8) is 0 Å². The van der Waals surface area contributed by atoms with Crippen molar-refractivity contribution in [2.24, 2.45) is 0 Å². The fourth-order valence-corrected chi connectivity index (χ4v) is 3.88. The Hall–Kier alpha value is -3.12. The Morgan fingerprint density at radius 2 is 1.43 bits per heavy atom. The van der Waals surface area contributed by atoms with Crippen molar-refractivity contribution in [3.05, 3.63) is 96.1 Å². The van der Waals surface area contributed by atoms with E-state index in [1.165, 1.54) is 35.6 Å². The second-order valence-corrected chi connectivity index (χ2v) is 8.17. The SMILES string of the molecule is CN(c1ccccc1)S(=O)(=O)c1ccc(C(=O)OCCc2ccccc2)cc1. The van der Waals surface area contributed by atoms with E-state index in [4.69, 9.17) is 4.74 Å². The smallest absolute Gasteiger partial charge is 0.338 e. The first-order valence-corrected chi connectivity index (χ1v) is 10.3. The van der Waals surface area contributed by atoms with Gasteiger partial charge in [-0.05, 0) is 42.0 Å². The van der Waals surface area contributed by atoms with Gasteiger partial charge in [0, 0.05) is 13.5 Å². The molecule has 28 heavy (non-hydrogen) atoms. The number of para-hydroxylation sites is 1. The van der Waals surface area contributed by atoms with E-state index in [1.54, 1.807) is 24.3 Å². The number of sulfonamides is 1. The number of rotatable bonds is 7. The summed E-state index contributed by atoms with van der Waals surface area (Å²) in [5.41, 5.74) is 1.96. The summed E-state index contributed by atoms with van der Waals surface area (Å²) in [6.07, 6.45) is 0.626. The van der Waals surface area contributed by atoms with Gasteiger partial charge in [-0.15, -0.1) is 0 Å². The highest BCUT2D eigenvalue weighted by molar-refractivity contribution is 7.92. The lowest BCUT2D eigenvalue weighted by Crippen LogP contribution is -2.26. The molecule has 0 saturated heterocycles. The number of esters is 1. The van der Waals surface area contributed by atoms with Gasteiger partial charge in [0.2, 0.25) is 0 Å². The molecule has 0 bridgehead atoms. The zero-order valence-corrected chi connectivity index (χ0v) is 16.3. The molecule has 6 heteroatoms. The van der Waals surface area contributed by atoms with Crippen molar-refractivity contribution in [1.29, 1.82) is 0 Å². The van der Waals surface area contributed by atoms with Gasteiger partial charge in [0.25, 0.3) is 10.0 Å². The predicted molar refractivity (Wildman–Crippen MR) is 109 cm³/mol. The summed E-state index contributed by atoms with van der Waals surface area (Å²) in [6.45, 7) is 0.264. The maximum Gasteiger partial charge on any atom is 0.338 e. The lowest BCUT2D eigenvalue weighted by atomic mass is 10.2. The van der Waals surface area contributed by atoms with E-state index >= 15 is 0 Å². The fraction of sp³-hybridized carbons (Fsp3) is 0.136. The van der Waals surface area contributed by atoms with Gasteiger partial charge in [-0.3, -0.25) is 4.31 Å². The third kappa shape index (κ3) is 4.58. The molecular formula is C22H21NO4S. The summed E-state index contributed by atoms with van der Waals surface area (Å²) < 4.78 is 32.0. The van der Waals surface area contributed by atoms with Gasteiger partial charge < -0.3 is 4.74 Å². The molecule has 0 amide bonds. The van der Waals surface area contributed by atoms with Crippen molar-refractivity contribution in [2.45, 2.75) is 11.3 Å². The quantitative estimate of drug-likeness (QED) is 0.569. The third-order valence-electron chi connectivity index (χ3n) is 4.33. The second kappa shape index (κ2) is 8.71.